The third-order valence-corrected chi connectivity index (χ3v) is 6.23. The number of fused-ring (bicyclic) bond motifs is 1. The summed E-state index contributed by atoms with van der Waals surface area (Å²) in [7, 11) is 0. The number of nitrogens with zero attached hydrogens (tertiary/aromatic N) is 1. The van der Waals surface area contributed by atoms with Crippen molar-refractivity contribution in [3.05, 3.63) is 90.8 Å². The first-order valence-electron chi connectivity index (χ1n) is 10.2. The quantitative estimate of drug-likeness (QED) is 0.135. The molecule has 0 aliphatic heterocycles. The van der Waals surface area contributed by atoms with Crippen LogP contribution in [-0.2, 0) is 6.61 Å². The standard InChI is InChI=1S/C25H20I2N2O4/c1-2-31-20-8-10-22-18(12-20)13-24(33-22)25(30)29-28-14-17-5-9-23(21(27)11-17)32-15-16-3-6-19(26)7-4-16/h3-14H,2,15H2,1H3,(H,29,30)/b28-14+. The molecule has 1 amide bonds. The summed E-state index contributed by atoms with van der Waals surface area (Å²) < 4.78 is 19.2. The van der Waals surface area contributed by atoms with Crippen LogP contribution in [0.2, 0.25) is 0 Å². The third-order valence-electron chi connectivity index (χ3n) is 4.67. The lowest BCUT2D eigenvalue weighted by Crippen LogP contribution is -2.16. The van der Waals surface area contributed by atoms with E-state index in [-0.39, 0.29) is 5.76 Å². The largest absolute Gasteiger partial charge is 0.494 e. The highest BCUT2D eigenvalue weighted by molar-refractivity contribution is 14.1. The van der Waals surface area contributed by atoms with E-state index in [4.69, 9.17) is 13.9 Å². The summed E-state index contributed by atoms with van der Waals surface area (Å²) in [6.45, 7) is 2.99. The van der Waals surface area contributed by atoms with E-state index in [0.29, 0.717) is 18.8 Å². The Hall–Kier alpha value is -2.60. The van der Waals surface area contributed by atoms with Crippen molar-refractivity contribution >= 4 is 68.3 Å². The molecule has 8 heteroatoms. The summed E-state index contributed by atoms with van der Waals surface area (Å²) >= 11 is 4.50. The lowest BCUT2D eigenvalue weighted by Gasteiger charge is -2.09. The summed E-state index contributed by atoms with van der Waals surface area (Å²) in [5, 5.41) is 4.85. The van der Waals surface area contributed by atoms with Crippen LogP contribution in [0.1, 0.15) is 28.6 Å². The van der Waals surface area contributed by atoms with Gasteiger partial charge in [0.15, 0.2) is 5.76 Å². The van der Waals surface area contributed by atoms with E-state index >= 15 is 0 Å². The van der Waals surface area contributed by atoms with Gasteiger partial charge in [-0.25, -0.2) is 5.43 Å². The molecule has 0 radical (unpaired) electrons. The highest BCUT2D eigenvalue weighted by Gasteiger charge is 2.12. The Balaban J connectivity index is 1.35. The second-order valence-electron chi connectivity index (χ2n) is 7.05. The second-order valence-corrected chi connectivity index (χ2v) is 9.46. The number of furan rings is 1. The monoisotopic (exact) mass is 666 g/mol. The molecule has 1 N–H and O–H groups in total. The fourth-order valence-corrected chi connectivity index (χ4v) is 4.12. The number of ether oxygens (including phenoxy) is 2. The zero-order valence-electron chi connectivity index (χ0n) is 17.7. The van der Waals surface area contributed by atoms with E-state index in [9.17, 15) is 4.79 Å². The lowest BCUT2D eigenvalue weighted by atomic mass is 10.2. The second kappa shape index (κ2) is 11.0. The van der Waals surface area contributed by atoms with Crippen molar-refractivity contribution in [1.82, 2.24) is 5.43 Å². The van der Waals surface area contributed by atoms with Gasteiger partial charge in [0.2, 0.25) is 0 Å². The minimum absolute atomic E-state index is 0.185. The number of rotatable bonds is 8. The SMILES string of the molecule is CCOc1ccc2oc(C(=O)N/N=C/c3ccc(OCc4ccc(I)cc4)c(I)c3)cc2c1. The molecule has 168 valence electrons. The van der Waals surface area contributed by atoms with Crippen LogP contribution in [0.5, 0.6) is 11.5 Å². The molecule has 4 aromatic rings. The fraction of sp³-hybridized carbons (Fsp3) is 0.120. The molecule has 4 rings (SSSR count). The Morgan fingerprint density at radius 2 is 1.85 bits per heavy atom. The van der Waals surface area contributed by atoms with Crippen molar-refractivity contribution in [1.29, 1.82) is 0 Å². The molecule has 0 atom stereocenters. The van der Waals surface area contributed by atoms with Crippen LogP contribution in [0, 0.1) is 7.14 Å². The van der Waals surface area contributed by atoms with Gasteiger partial charge in [-0.3, -0.25) is 4.79 Å². The Morgan fingerprint density at radius 1 is 1.03 bits per heavy atom. The number of hydrogen-bond donors (Lipinski definition) is 1. The number of nitrogens with one attached hydrogen (secondary N) is 1. The van der Waals surface area contributed by atoms with Crippen LogP contribution in [0.25, 0.3) is 11.0 Å². The van der Waals surface area contributed by atoms with E-state index in [1.165, 1.54) is 3.57 Å². The summed E-state index contributed by atoms with van der Waals surface area (Å²) in [6.07, 6.45) is 1.58. The Labute approximate surface area is 218 Å². The Bertz CT molecular complexity index is 1300. The number of benzene rings is 3. The summed E-state index contributed by atoms with van der Waals surface area (Å²) in [5.74, 6) is 1.29. The van der Waals surface area contributed by atoms with E-state index in [0.717, 1.165) is 31.6 Å². The van der Waals surface area contributed by atoms with Gasteiger partial charge in [-0.2, -0.15) is 5.10 Å². The van der Waals surface area contributed by atoms with Crippen molar-refractivity contribution in [2.75, 3.05) is 6.61 Å². The maximum absolute atomic E-state index is 12.4. The van der Waals surface area contributed by atoms with Gasteiger partial charge in [-0.1, -0.05) is 12.1 Å². The van der Waals surface area contributed by atoms with Gasteiger partial charge in [0.1, 0.15) is 23.7 Å². The first-order valence-corrected chi connectivity index (χ1v) is 12.3. The van der Waals surface area contributed by atoms with Crippen molar-refractivity contribution in [2.45, 2.75) is 13.5 Å². The normalized spacial score (nSPS) is 11.1. The minimum Gasteiger partial charge on any atom is -0.494 e. The highest BCUT2D eigenvalue weighted by Crippen LogP contribution is 2.25. The highest BCUT2D eigenvalue weighted by atomic mass is 127. The van der Waals surface area contributed by atoms with Gasteiger partial charge in [-0.15, -0.1) is 0 Å². The van der Waals surface area contributed by atoms with Gasteiger partial charge in [0.05, 0.1) is 16.4 Å². The van der Waals surface area contributed by atoms with E-state index in [1.807, 2.05) is 37.3 Å². The smallest absolute Gasteiger partial charge is 0.307 e. The maximum atomic E-state index is 12.4. The lowest BCUT2D eigenvalue weighted by molar-refractivity contribution is 0.0929. The summed E-state index contributed by atoms with van der Waals surface area (Å²) in [5.41, 5.74) is 5.07. The van der Waals surface area contributed by atoms with Crippen LogP contribution in [-0.4, -0.2) is 18.7 Å². The first-order chi connectivity index (χ1) is 16.0. The number of carbonyl (C=O) groups excluding carboxylic acids is 1. The molecule has 6 nitrogen and oxygen atoms in total. The average molecular weight is 666 g/mol. The summed E-state index contributed by atoms with van der Waals surface area (Å²) in [4.78, 5) is 12.4. The summed E-state index contributed by atoms with van der Waals surface area (Å²) in [6, 6.07) is 21.0. The van der Waals surface area contributed by atoms with Crippen LogP contribution in [0.15, 0.2) is 76.2 Å². The maximum Gasteiger partial charge on any atom is 0.307 e. The number of hydrogen-bond acceptors (Lipinski definition) is 5. The van der Waals surface area contributed by atoms with Crippen molar-refractivity contribution < 1.29 is 18.7 Å². The van der Waals surface area contributed by atoms with Gasteiger partial charge < -0.3 is 13.9 Å². The van der Waals surface area contributed by atoms with Crippen LogP contribution < -0.4 is 14.9 Å². The number of amides is 1. The topological polar surface area (TPSA) is 73.1 Å². The van der Waals surface area contributed by atoms with Gasteiger partial charge in [-0.05, 0) is 118 Å². The van der Waals surface area contributed by atoms with Crippen LogP contribution >= 0.6 is 45.2 Å². The molecular formula is C25H20I2N2O4. The minimum atomic E-state index is -0.424. The predicted octanol–water partition coefficient (Wildman–Crippen LogP) is 6.38. The molecule has 0 saturated heterocycles. The number of halogens is 2. The molecule has 0 saturated carbocycles. The molecule has 0 spiro atoms. The van der Waals surface area contributed by atoms with Gasteiger partial charge >= 0.3 is 5.91 Å². The first kappa shape index (κ1) is 23.6. The number of hydrazone groups is 1. The van der Waals surface area contributed by atoms with E-state index in [1.54, 1.807) is 18.3 Å². The fourth-order valence-electron chi connectivity index (χ4n) is 3.07. The van der Waals surface area contributed by atoms with Crippen LogP contribution in [0.3, 0.4) is 0 Å². The van der Waals surface area contributed by atoms with Gasteiger partial charge in [0.25, 0.3) is 0 Å². The van der Waals surface area contributed by atoms with Crippen LogP contribution in [0.4, 0.5) is 0 Å². The molecule has 0 bridgehead atoms. The molecule has 33 heavy (non-hydrogen) atoms. The van der Waals surface area contributed by atoms with Gasteiger partial charge in [0, 0.05) is 8.96 Å². The van der Waals surface area contributed by atoms with Crippen molar-refractivity contribution in [3.8, 4) is 11.5 Å². The van der Waals surface area contributed by atoms with E-state index < -0.39 is 5.91 Å². The van der Waals surface area contributed by atoms with Crippen molar-refractivity contribution in [3.63, 3.8) is 0 Å². The predicted molar refractivity (Wildman–Crippen MR) is 145 cm³/mol. The molecule has 1 aromatic heterocycles. The number of carbonyl (C=O) groups is 1. The molecule has 1 heterocycles. The Kier molecular flexibility index (Phi) is 7.86. The molecule has 0 fully saturated rings. The molecule has 0 aliphatic carbocycles. The zero-order valence-corrected chi connectivity index (χ0v) is 22.0. The van der Waals surface area contributed by atoms with E-state index in [2.05, 4.69) is 80.0 Å². The Morgan fingerprint density at radius 3 is 2.61 bits per heavy atom. The third kappa shape index (κ3) is 6.26. The molecule has 3 aromatic carbocycles. The molecule has 0 unspecified atom stereocenters. The van der Waals surface area contributed by atoms with Crippen molar-refractivity contribution in [2.24, 2.45) is 5.10 Å². The zero-order chi connectivity index (χ0) is 23.2. The average Bonchev–Trinajstić information content (AvgIpc) is 3.23. The molecular weight excluding hydrogens is 646 g/mol. The molecule has 0 aliphatic rings.